The van der Waals surface area contributed by atoms with Gasteiger partial charge in [0, 0.05) is 44.7 Å². The van der Waals surface area contributed by atoms with E-state index in [4.69, 9.17) is 4.74 Å². The second-order valence-electron chi connectivity index (χ2n) is 9.99. The van der Waals surface area contributed by atoms with Gasteiger partial charge in [-0.25, -0.2) is 4.79 Å². The number of likely N-dealkylation sites (tertiary alicyclic amines) is 1. The van der Waals surface area contributed by atoms with E-state index in [1.54, 1.807) is 35.5 Å². The van der Waals surface area contributed by atoms with E-state index in [2.05, 4.69) is 5.32 Å². The Kier molecular flexibility index (Phi) is 7.36. The van der Waals surface area contributed by atoms with Crippen molar-refractivity contribution >= 4 is 23.8 Å². The van der Waals surface area contributed by atoms with E-state index >= 15 is 0 Å². The van der Waals surface area contributed by atoms with Gasteiger partial charge in [0.05, 0.1) is 5.92 Å². The Balaban J connectivity index is 1.84. The van der Waals surface area contributed by atoms with E-state index in [1.165, 1.54) is 0 Å². The molecule has 2 fully saturated rings. The zero-order valence-corrected chi connectivity index (χ0v) is 19.1. The molecular formula is C21H36N4O5. The first-order chi connectivity index (χ1) is 13.8. The maximum absolute atomic E-state index is 13.0. The van der Waals surface area contributed by atoms with Crippen LogP contribution in [0.5, 0.6) is 0 Å². The van der Waals surface area contributed by atoms with Crippen molar-refractivity contribution in [3.05, 3.63) is 0 Å². The fourth-order valence-electron chi connectivity index (χ4n) is 3.74. The molecule has 0 radical (unpaired) electrons. The van der Waals surface area contributed by atoms with Crippen LogP contribution in [0.4, 0.5) is 4.79 Å². The second kappa shape index (κ2) is 9.22. The van der Waals surface area contributed by atoms with Crippen LogP contribution >= 0.6 is 0 Å². The average Bonchev–Trinajstić information content (AvgIpc) is 2.85. The first-order valence-electron chi connectivity index (χ1n) is 10.6. The third kappa shape index (κ3) is 6.60. The highest BCUT2D eigenvalue weighted by Gasteiger charge is 2.41. The zero-order valence-electron chi connectivity index (χ0n) is 19.1. The first kappa shape index (κ1) is 24.0. The van der Waals surface area contributed by atoms with Crippen molar-refractivity contribution in [3.63, 3.8) is 0 Å². The van der Waals surface area contributed by atoms with E-state index < -0.39 is 11.7 Å². The molecule has 30 heavy (non-hydrogen) atoms. The molecule has 1 unspecified atom stereocenters. The number of nitrogens with one attached hydrogen (secondary N) is 1. The zero-order chi connectivity index (χ0) is 22.7. The van der Waals surface area contributed by atoms with Gasteiger partial charge in [-0.3, -0.25) is 14.4 Å². The van der Waals surface area contributed by atoms with Gasteiger partial charge in [-0.15, -0.1) is 0 Å². The van der Waals surface area contributed by atoms with Crippen molar-refractivity contribution in [1.82, 2.24) is 20.0 Å². The Bertz CT molecular complexity index is 680. The molecule has 9 heteroatoms. The molecule has 0 aromatic carbocycles. The normalized spacial score (nSPS) is 20.8. The quantitative estimate of drug-likeness (QED) is 0.734. The van der Waals surface area contributed by atoms with E-state index in [0.29, 0.717) is 39.1 Å². The molecule has 0 spiro atoms. The Morgan fingerprint density at radius 3 is 2.17 bits per heavy atom. The Labute approximate surface area is 179 Å². The molecule has 1 N–H and O–H groups in total. The smallest absolute Gasteiger partial charge is 0.408 e. The standard InChI is InChI=1S/C21H36N4O5/c1-20(2,3)25-14-15(12-16(25)26)18(28)24-9-7-8-23(10-11-24)17(27)13-22-19(29)30-21(4,5)6/h15H,7-14H2,1-6H3,(H,22,29). The number of ether oxygens (including phenoxy) is 1. The molecule has 0 aromatic heterocycles. The lowest BCUT2D eigenvalue weighted by molar-refractivity contribution is -0.136. The summed E-state index contributed by atoms with van der Waals surface area (Å²) in [4.78, 5) is 54.6. The monoisotopic (exact) mass is 424 g/mol. The van der Waals surface area contributed by atoms with Crippen LogP contribution < -0.4 is 5.32 Å². The maximum atomic E-state index is 13.0. The summed E-state index contributed by atoms with van der Waals surface area (Å²) in [7, 11) is 0. The summed E-state index contributed by atoms with van der Waals surface area (Å²) in [6.07, 6.45) is 0.277. The molecule has 0 aromatic rings. The number of hydrogen-bond donors (Lipinski definition) is 1. The van der Waals surface area contributed by atoms with Crippen molar-refractivity contribution in [2.45, 2.75) is 65.5 Å². The topological polar surface area (TPSA) is 99.3 Å². The Morgan fingerprint density at radius 1 is 1.00 bits per heavy atom. The van der Waals surface area contributed by atoms with Crippen LogP contribution in [-0.4, -0.2) is 88.9 Å². The molecule has 0 saturated carbocycles. The van der Waals surface area contributed by atoms with Crippen molar-refractivity contribution < 1.29 is 23.9 Å². The highest BCUT2D eigenvalue weighted by atomic mass is 16.6. The van der Waals surface area contributed by atoms with Crippen LogP contribution in [0.1, 0.15) is 54.4 Å². The fraction of sp³-hybridized carbons (Fsp3) is 0.810. The third-order valence-electron chi connectivity index (χ3n) is 5.23. The second-order valence-corrected chi connectivity index (χ2v) is 9.99. The average molecular weight is 425 g/mol. The minimum atomic E-state index is -0.628. The summed E-state index contributed by atoms with van der Waals surface area (Å²) in [6, 6.07) is 0. The summed E-state index contributed by atoms with van der Waals surface area (Å²) in [5, 5.41) is 2.48. The van der Waals surface area contributed by atoms with Gasteiger partial charge in [-0.1, -0.05) is 0 Å². The lowest BCUT2D eigenvalue weighted by Gasteiger charge is -2.32. The molecule has 0 bridgehead atoms. The summed E-state index contributed by atoms with van der Waals surface area (Å²) in [6.45, 7) is 13.4. The molecule has 2 aliphatic heterocycles. The number of carbonyl (C=O) groups excluding carboxylic acids is 4. The molecule has 4 amide bonds. The van der Waals surface area contributed by atoms with E-state index in [1.807, 2.05) is 20.8 Å². The highest BCUT2D eigenvalue weighted by molar-refractivity contribution is 5.89. The Morgan fingerprint density at radius 2 is 1.60 bits per heavy atom. The van der Waals surface area contributed by atoms with Crippen LogP contribution in [-0.2, 0) is 19.1 Å². The van der Waals surface area contributed by atoms with E-state index in [9.17, 15) is 19.2 Å². The lowest BCUT2D eigenvalue weighted by atomic mass is 10.1. The summed E-state index contributed by atoms with van der Waals surface area (Å²) in [5.74, 6) is -0.533. The van der Waals surface area contributed by atoms with Gasteiger partial charge < -0.3 is 24.8 Å². The van der Waals surface area contributed by atoms with Crippen molar-refractivity contribution in [3.8, 4) is 0 Å². The predicted octanol–water partition coefficient (Wildman–Crippen LogP) is 1.22. The summed E-state index contributed by atoms with van der Waals surface area (Å²) in [5.41, 5.74) is -0.921. The molecule has 2 saturated heterocycles. The molecule has 2 heterocycles. The van der Waals surface area contributed by atoms with Crippen molar-refractivity contribution in [1.29, 1.82) is 0 Å². The van der Waals surface area contributed by atoms with Gasteiger partial charge in [0.25, 0.3) is 0 Å². The minimum Gasteiger partial charge on any atom is -0.444 e. The third-order valence-corrected chi connectivity index (χ3v) is 5.23. The van der Waals surface area contributed by atoms with Crippen molar-refractivity contribution in [2.24, 2.45) is 5.92 Å². The van der Waals surface area contributed by atoms with Gasteiger partial charge >= 0.3 is 6.09 Å². The molecule has 9 nitrogen and oxygen atoms in total. The van der Waals surface area contributed by atoms with Crippen LogP contribution in [0.25, 0.3) is 0 Å². The number of nitrogens with zero attached hydrogens (tertiary/aromatic N) is 3. The molecule has 0 aliphatic carbocycles. The van der Waals surface area contributed by atoms with E-state index in [0.717, 1.165) is 0 Å². The van der Waals surface area contributed by atoms with Crippen LogP contribution in [0, 0.1) is 5.92 Å². The summed E-state index contributed by atoms with van der Waals surface area (Å²) < 4.78 is 5.14. The maximum Gasteiger partial charge on any atom is 0.408 e. The number of hydrogen-bond acceptors (Lipinski definition) is 5. The lowest BCUT2D eigenvalue weighted by Crippen LogP contribution is -2.45. The molecular weight excluding hydrogens is 388 g/mol. The number of amides is 4. The Hall–Kier alpha value is -2.32. The largest absolute Gasteiger partial charge is 0.444 e. The fourth-order valence-corrected chi connectivity index (χ4v) is 3.74. The van der Waals surface area contributed by atoms with Crippen LogP contribution in [0.15, 0.2) is 0 Å². The minimum absolute atomic E-state index is 0.0145. The number of carbonyl (C=O) groups is 4. The van der Waals surface area contributed by atoms with Crippen molar-refractivity contribution in [2.75, 3.05) is 39.3 Å². The number of alkyl carbamates (subject to hydrolysis) is 1. The molecule has 2 aliphatic rings. The van der Waals surface area contributed by atoms with E-state index in [-0.39, 0.29) is 42.1 Å². The van der Waals surface area contributed by atoms with Gasteiger partial charge in [0.15, 0.2) is 0 Å². The van der Waals surface area contributed by atoms with Gasteiger partial charge in [0.1, 0.15) is 12.1 Å². The predicted molar refractivity (Wildman–Crippen MR) is 112 cm³/mol. The summed E-state index contributed by atoms with van der Waals surface area (Å²) >= 11 is 0. The molecule has 2 rings (SSSR count). The molecule has 170 valence electrons. The van der Waals surface area contributed by atoms with Gasteiger partial charge in [-0.2, -0.15) is 0 Å². The first-order valence-corrected chi connectivity index (χ1v) is 10.6. The van der Waals surface area contributed by atoms with Gasteiger partial charge in [0.2, 0.25) is 17.7 Å². The number of rotatable bonds is 3. The molecule has 1 atom stereocenters. The highest BCUT2D eigenvalue weighted by Crippen LogP contribution is 2.27. The SMILES string of the molecule is CC(C)(C)OC(=O)NCC(=O)N1CCCN(C(=O)C2CC(=O)N(C(C)(C)C)C2)CC1. The van der Waals surface area contributed by atoms with Crippen LogP contribution in [0.3, 0.4) is 0 Å². The van der Waals surface area contributed by atoms with Gasteiger partial charge in [-0.05, 0) is 48.0 Å². The van der Waals surface area contributed by atoms with Crippen LogP contribution in [0.2, 0.25) is 0 Å².